The second-order valence-corrected chi connectivity index (χ2v) is 8.87. The van der Waals surface area contributed by atoms with Crippen LogP contribution in [0.25, 0.3) is 0 Å². The Bertz CT molecular complexity index is 973. The normalized spacial score (nSPS) is 15.2. The third-order valence-corrected chi connectivity index (χ3v) is 6.78. The van der Waals surface area contributed by atoms with Gasteiger partial charge in [0.2, 0.25) is 10.0 Å². The molecule has 0 bridgehead atoms. The average Bonchev–Trinajstić information content (AvgIpc) is 2.70. The summed E-state index contributed by atoms with van der Waals surface area (Å²) in [6.07, 6.45) is 0. The number of amides is 1. The highest BCUT2D eigenvalue weighted by Gasteiger charge is 2.28. The van der Waals surface area contributed by atoms with E-state index in [-0.39, 0.29) is 28.9 Å². The smallest absolute Gasteiger partial charge is 0.255 e. The lowest BCUT2D eigenvalue weighted by atomic mass is 10.1. The summed E-state index contributed by atoms with van der Waals surface area (Å²) in [5.74, 6) is -0.333. The monoisotopic (exact) mass is 423 g/mol. The van der Waals surface area contributed by atoms with Gasteiger partial charge in [0, 0.05) is 44.1 Å². The fourth-order valence-electron chi connectivity index (χ4n) is 2.83. The number of rotatable bonds is 5. The molecule has 1 N–H and O–H groups in total. The Hall–Kier alpha value is -2.13. The molecule has 1 aliphatic rings. The number of anilines is 2. The van der Waals surface area contributed by atoms with E-state index >= 15 is 0 Å². The molecule has 0 radical (unpaired) electrons. The van der Waals surface area contributed by atoms with Crippen molar-refractivity contribution in [3.63, 3.8) is 0 Å². The molecule has 0 aromatic heterocycles. The lowest BCUT2D eigenvalue weighted by molar-refractivity contribution is 0.0730. The maximum atomic E-state index is 12.9. The van der Waals surface area contributed by atoms with E-state index in [0.717, 1.165) is 5.69 Å². The first-order chi connectivity index (χ1) is 13.3. The molecule has 3 rings (SSSR count). The maximum absolute atomic E-state index is 12.9. The van der Waals surface area contributed by atoms with Gasteiger partial charge in [0.1, 0.15) is 4.90 Å². The topological polar surface area (TPSA) is 79.0 Å². The molecule has 0 saturated carbocycles. The number of hydrogen-bond acceptors (Lipinski definition) is 5. The summed E-state index contributed by atoms with van der Waals surface area (Å²) < 4.78 is 32.4. The number of carbonyl (C=O) groups excluding carboxylic acids is 1. The Morgan fingerprint density at radius 3 is 2.54 bits per heavy atom. The highest BCUT2D eigenvalue weighted by atomic mass is 35.5. The molecule has 150 valence electrons. The van der Waals surface area contributed by atoms with Crippen molar-refractivity contribution in [2.45, 2.75) is 4.90 Å². The van der Waals surface area contributed by atoms with Crippen LogP contribution in [0.15, 0.2) is 47.4 Å². The van der Waals surface area contributed by atoms with Crippen molar-refractivity contribution < 1.29 is 17.9 Å². The van der Waals surface area contributed by atoms with Gasteiger partial charge in [-0.1, -0.05) is 17.7 Å². The van der Waals surface area contributed by atoms with Gasteiger partial charge >= 0.3 is 0 Å². The SMILES string of the molecule is CN(C)c1cccc(C(=O)Nc2ccc(Cl)c(S(=O)(=O)N3CCOCC3)c2)c1. The van der Waals surface area contributed by atoms with E-state index < -0.39 is 10.0 Å². The van der Waals surface area contributed by atoms with Gasteiger partial charge in [-0.2, -0.15) is 4.31 Å². The number of sulfonamides is 1. The molecule has 1 fully saturated rings. The molecular weight excluding hydrogens is 402 g/mol. The van der Waals surface area contributed by atoms with Gasteiger partial charge in [0.25, 0.3) is 5.91 Å². The lowest BCUT2D eigenvalue weighted by Crippen LogP contribution is -2.40. The number of nitrogens with one attached hydrogen (secondary N) is 1. The summed E-state index contributed by atoms with van der Waals surface area (Å²) in [5, 5.41) is 2.85. The van der Waals surface area contributed by atoms with Crippen LogP contribution >= 0.6 is 11.6 Å². The van der Waals surface area contributed by atoms with Crippen LogP contribution in [0, 0.1) is 0 Å². The minimum atomic E-state index is -3.77. The van der Waals surface area contributed by atoms with Crippen molar-refractivity contribution in [3.05, 3.63) is 53.1 Å². The van der Waals surface area contributed by atoms with Crippen molar-refractivity contribution in [3.8, 4) is 0 Å². The predicted molar refractivity (Wildman–Crippen MR) is 110 cm³/mol. The minimum absolute atomic E-state index is 0.0316. The Kier molecular flexibility index (Phi) is 6.24. The average molecular weight is 424 g/mol. The minimum Gasteiger partial charge on any atom is -0.379 e. The van der Waals surface area contributed by atoms with Gasteiger partial charge in [0.05, 0.1) is 18.2 Å². The number of halogens is 1. The molecule has 1 amide bonds. The van der Waals surface area contributed by atoms with Gasteiger partial charge in [-0.15, -0.1) is 0 Å². The molecule has 28 heavy (non-hydrogen) atoms. The molecule has 9 heteroatoms. The van der Waals surface area contributed by atoms with E-state index in [9.17, 15) is 13.2 Å². The fraction of sp³-hybridized carbons (Fsp3) is 0.316. The quantitative estimate of drug-likeness (QED) is 0.799. The van der Waals surface area contributed by atoms with E-state index in [4.69, 9.17) is 16.3 Å². The summed E-state index contributed by atoms with van der Waals surface area (Å²) >= 11 is 6.15. The summed E-state index contributed by atoms with van der Waals surface area (Å²) in [4.78, 5) is 14.5. The summed E-state index contributed by atoms with van der Waals surface area (Å²) in [5.41, 5.74) is 1.72. The van der Waals surface area contributed by atoms with Crippen LogP contribution in [0.4, 0.5) is 11.4 Å². The van der Waals surface area contributed by atoms with Gasteiger partial charge in [0.15, 0.2) is 0 Å². The zero-order valence-corrected chi connectivity index (χ0v) is 17.3. The van der Waals surface area contributed by atoms with Gasteiger partial charge in [-0.05, 0) is 36.4 Å². The molecule has 0 spiro atoms. The summed E-state index contributed by atoms with van der Waals surface area (Å²) in [6, 6.07) is 11.6. The molecular formula is C19H22ClN3O4S. The predicted octanol–water partition coefficient (Wildman–Crippen LogP) is 2.68. The van der Waals surface area contributed by atoms with E-state index in [0.29, 0.717) is 24.5 Å². The molecule has 0 aliphatic carbocycles. The summed E-state index contributed by atoms with van der Waals surface area (Å²) in [6.45, 7) is 1.23. The van der Waals surface area contributed by atoms with Gasteiger partial charge in [-0.3, -0.25) is 4.79 Å². The van der Waals surface area contributed by atoms with Crippen LogP contribution in [0.1, 0.15) is 10.4 Å². The first-order valence-corrected chi connectivity index (χ1v) is 10.6. The molecule has 2 aromatic carbocycles. The van der Waals surface area contributed by atoms with E-state index in [1.165, 1.54) is 16.4 Å². The lowest BCUT2D eigenvalue weighted by Gasteiger charge is -2.26. The zero-order chi connectivity index (χ0) is 20.3. The maximum Gasteiger partial charge on any atom is 0.255 e. The van der Waals surface area contributed by atoms with Crippen LogP contribution in [0.3, 0.4) is 0 Å². The van der Waals surface area contributed by atoms with Crippen LogP contribution < -0.4 is 10.2 Å². The van der Waals surface area contributed by atoms with E-state index in [1.54, 1.807) is 24.3 Å². The number of hydrogen-bond donors (Lipinski definition) is 1. The zero-order valence-electron chi connectivity index (χ0n) is 15.7. The Morgan fingerprint density at radius 2 is 1.86 bits per heavy atom. The van der Waals surface area contributed by atoms with Crippen LogP contribution in [0.5, 0.6) is 0 Å². The standard InChI is InChI=1S/C19H22ClN3O4S/c1-22(2)16-5-3-4-14(12-16)19(24)21-15-6-7-17(20)18(13-15)28(25,26)23-8-10-27-11-9-23/h3-7,12-13H,8-11H2,1-2H3,(H,21,24). The summed E-state index contributed by atoms with van der Waals surface area (Å²) in [7, 11) is 0.00559. The van der Waals surface area contributed by atoms with Gasteiger partial charge in [-0.25, -0.2) is 8.42 Å². The largest absolute Gasteiger partial charge is 0.379 e. The Labute approximate surface area is 169 Å². The second-order valence-electron chi connectivity index (χ2n) is 6.56. The number of ether oxygens (including phenoxy) is 1. The molecule has 0 unspecified atom stereocenters. The van der Waals surface area contributed by atoms with E-state index in [2.05, 4.69) is 5.32 Å². The van der Waals surface area contributed by atoms with E-state index in [1.807, 2.05) is 25.1 Å². The second kappa shape index (κ2) is 8.48. The number of carbonyl (C=O) groups is 1. The van der Waals surface area contributed by atoms with Crippen molar-refractivity contribution in [2.24, 2.45) is 0 Å². The van der Waals surface area contributed by atoms with Crippen molar-refractivity contribution in [2.75, 3.05) is 50.6 Å². The molecule has 1 saturated heterocycles. The number of benzene rings is 2. The molecule has 1 aliphatic heterocycles. The Balaban J connectivity index is 1.85. The van der Waals surface area contributed by atoms with Crippen molar-refractivity contribution in [1.82, 2.24) is 4.31 Å². The van der Waals surface area contributed by atoms with Crippen LogP contribution in [-0.2, 0) is 14.8 Å². The molecule has 7 nitrogen and oxygen atoms in total. The Morgan fingerprint density at radius 1 is 1.14 bits per heavy atom. The highest BCUT2D eigenvalue weighted by Crippen LogP contribution is 2.28. The van der Waals surface area contributed by atoms with Crippen LogP contribution in [-0.4, -0.2) is 59.0 Å². The third-order valence-electron chi connectivity index (χ3n) is 4.40. The fourth-order valence-corrected chi connectivity index (χ4v) is 4.74. The first-order valence-electron chi connectivity index (χ1n) is 8.75. The van der Waals surface area contributed by atoms with Crippen molar-refractivity contribution in [1.29, 1.82) is 0 Å². The van der Waals surface area contributed by atoms with Gasteiger partial charge < -0.3 is 15.0 Å². The molecule has 0 atom stereocenters. The molecule has 2 aromatic rings. The molecule has 1 heterocycles. The van der Waals surface area contributed by atoms with Crippen LogP contribution in [0.2, 0.25) is 5.02 Å². The van der Waals surface area contributed by atoms with Crippen molar-refractivity contribution >= 4 is 38.9 Å². The third kappa shape index (κ3) is 4.47. The number of nitrogens with zero attached hydrogens (tertiary/aromatic N) is 2. The number of morpholine rings is 1. The first kappa shape index (κ1) is 20.6. The highest BCUT2D eigenvalue weighted by molar-refractivity contribution is 7.89.